The molecule has 0 aliphatic rings. The van der Waals surface area contributed by atoms with Crippen molar-refractivity contribution in [1.29, 1.82) is 0 Å². The molecule has 0 aromatic rings. The van der Waals surface area contributed by atoms with Crippen LogP contribution >= 0.6 is 0 Å². The van der Waals surface area contributed by atoms with Gasteiger partial charge in [0.25, 0.3) is 0 Å². The van der Waals surface area contributed by atoms with Gasteiger partial charge in [-0.3, -0.25) is 0 Å². The van der Waals surface area contributed by atoms with Gasteiger partial charge < -0.3 is 10.2 Å². The van der Waals surface area contributed by atoms with Crippen LogP contribution in [0.25, 0.3) is 0 Å². The number of aliphatic carboxylic acids is 1. The SMILES string of the molecule is CCC(O)C(=O)O.[InH3]. The fourth-order valence-electron chi connectivity index (χ4n) is 0.175. The van der Waals surface area contributed by atoms with Crippen molar-refractivity contribution in [3.8, 4) is 0 Å². The Morgan fingerprint density at radius 3 is 2.12 bits per heavy atom. The molecule has 0 amide bonds. The van der Waals surface area contributed by atoms with Gasteiger partial charge in [-0.1, -0.05) is 6.92 Å². The first kappa shape index (κ1) is 11.1. The van der Waals surface area contributed by atoms with Crippen molar-refractivity contribution >= 4 is 31.8 Å². The summed E-state index contributed by atoms with van der Waals surface area (Å²) in [6, 6.07) is 0. The monoisotopic (exact) mass is 222 g/mol. The number of hydrogen-bond donors (Lipinski definition) is 2. The molecule has 0 rings (SSSR count). The third-order valence-corrected chi connectivity index (χ3v) is 0.672. The van der Waals surface area contributed by atoms with Crippen molar-refractivity contribution in [1.82, 2.24) is 0 Å². The summed E-state index contributed by atoms with van der Waals surface area (Å²) in [7, 11) is 0. The molecule has 1 atom stereocenters. The van der Waals surface area contributed by atoms with E-state index in [1.807, 2.05) is 0 Å². The fraction of sp³-hybridized carbons (Fsp3) is 0.750. The number of carboxylic acid groups (broad SMARTS) is 1. The van der Waals surface area contributed by atoms with E-state index < -0.39 is 12.1 Å². The van der Waals surface area contributed by atoms with Gasteiger partial charge in [-0.05, 0) is 6.42 Å². The predicted molar refractivity (Wildman–Crippen MR) is 33.9 cm³/mol. The van der Waals surface area contributed by atoms with Gasteiger partial charge in [0.15, 0.2) is 6.10 Å². The normalized spacial score (nSPS) is 11.8. The maximum atomic E-state index is 9.68. The standard InChI is InChI=1S/C4H8O3.In.3H/c1-2-3(5)4(6)7;;;;/h3,5H,2H2,1H3,(H,6,7);;;;. The van der Waals surface area contributed by atoms with Crippen molar-refractivity contribution in [3.05, 3.63) is 0 Å². The van der Waals surface area contributed by atoms with Crippen LogP contribution in [0.1, 0.15) is 13.3 Å². The summed E-state index contributed by atoms with van der Waals surface area (Å²) in [5.41, 5.74) is 0. The summed E-state index contributed by atoms with van der Waals surface area (Å²) in [4.78, 5) is 9.68. The third-order valence-electron chi connectivity index (χ3n) is 0.672. The minimum absolute atomic E-state index is 0. The van der Waals surface area contributed by atoms with Gasteiger partial charge in [0.05, 0.1) is 0 Å². The number of rotatable bonds is 2. The van der Waals surface area contributed by atoms with E-state index in [1.54, 1.807) is 6.92 Å². The number of carboxylic acids is 1. The van der Waals surface area contributed by atoms with Gasteiger partial charge in [0.2, 0.25) is 0 Å². The molecular weight excluding hydrogens is 211 g/mol. The van der Waals surface area contributed by atoms with Gasteiger partial charge in [-0.15, -0.1) is 0 Å². The van der Waals surface area contributed by atoms with E-state index in [2.05, 4.69) is 0 Å². The second-order valence-electron chi connectivity index (χ2n) is 1.26. The minimum atomic E-state index is -1.18. The summed E-state index contributed by atoms with van der Waals surface area (Å²) in [5, 5.41) is 16.3. The quantitative estimate of drug-likeness (QED) is 0.607. The molecule has 0 radical (unpaired) electrons. The van der Waals surface area contributed by atoms with E-state index in [9.17, 15) is 4.79 Å². The predicted octanol–water partition coefficient (Wildman–Crippen LogP) is -1.34. The van der Waals surface area contributed by atoms with Crippen LogP contribution in [0.15, 0.2) is 0 Å². The molecule has 48 valence electrons. The molecule has 0 aliphatic heterocycles. The summed E-state index contributed by atoms with van der Waals surface area (Å²) in [6.07, 6.45) is -0.907. The Morgan fingerprint density at radius 1 is 1.75 bits per heavy atom. The molecule has 0 bridgehead atoms. The van der Waals surface area contributed by atoms with Crippen LogP contribution in [0.4, 0.5) is 0 Å². The molecule has 8 heavy (non-hydrogen) atoms. The van der Waals surface area contributed by atoms with Gasteiger partial charge in [0.1, 0.15) is 0 Å². The Bertz CT molecular complexity index is 73.7. The molecule has 0 aromatic heterocycles. The van der Waals surface area contributed by atoms with Crippen LogP contribution in [-0.4, -0.2) is 48.1 Å². The Hall–Kier alpha value is 0.300. The molecule has 0 aliphatic carbocycles. The Kier molecular flexibility index (Phi) is 7.57. The molecule has 2 N–H and O–H groups in total. The second kappa shape index (κ2) is 5.44. The van der Waals surface area contributed by atoms with E-state index >= 15 is 0 Å². The molecule has 0 saturated carbocycles. The first-order valence-electron chi connectivity index (χ1n) is 2.09. The van der Waals surface area contributed by atoms with Crippen LogP contribution in [0, 0.1) is 0 Å². The molecule has 4 heteroatoms. The molecule has 3 nitrogen and oxygen atoms in total. The Morgan fingerprint density at radius 2 is 2.12 bits per heavy atom. The van der Waals surface area contributed by atoms with Crippen molar-refractivity contribution in [2.24, 2.45) is 0 Å². The van der Waals surface area contributed by atoms with E-state index in [0.29, 0.717) is 0 Å². The topological polar surface area (TPSA) is 57.5 Å². The number of aliphatic hydroxyl groups excluding tert-OH is 1. The van der Waals surface area contributed by atoms with E-state index in [1.165, 1.54) is 0 Å². The summed E-state index contributed by atoms with van der Waals surface area (Å²) in [6.45, 7) is 1.61. The fourth-order valence-corrected chi connectivity index (χ4v) is 0.175. The van der Waals surface area contributed by atoms with Gasteiger partial charge in [-0.2, -0.15) is 0 Å². The van der Waals surface area contributed by atoms with Crippen molar-refractivity contribution in [2.75, 3.05) is 0 Å². The zero-order valence-electron chi connectivity index (χ0n) is 4.09. The average Bonchev–Trinajstić information content (AvgIpc) is 1.65. The van der Waals surface area contributed by atoms with Crippen molar-refractivity contribution < 1.29 is 15.0 Å². The van der Waals surface area contributed by atoms with Crippen molar-refractivity contribution in [3.63, 3.8) is 0 Å². The molecular formula is C4H11InO3. The van der Waals surface area contributed by atoms with Gasteiger partial charge >= 0.3 is 31.8 Å². The van der Waals surface area contributed by atoms with Crippen molar-refractivity contribution in [2.45, 2.75) is 19.4 Å². The number of hydrogen-bond acceptors (Lipinski definition) is 2. The zero-order chi connectivity index (χ0) is 5.86. The first-order valence-corrected chi connectivity index (χ1v) is 2.09. The van der Waals surface area contributed by atoms with E-state index in [4.69, 9.17) is 10.2 Å². The van der Waals surface area contributed by atoms with Gasteiger partial charge in [-0.25, -0.2) is 4.79 Å². The molecule has 0 spiro atoms. The summed E-state index contributed by atoms with van der Waals surface area (Å²) >= 11 is 0. The first-order chi connectivity index (χ1) is 3.18. The van der Waals surface area contributed by atoms with Crippen LogP contribution in [0.2, 0.25) is 0 Å². The third kappa shape index (κ3) is 4.46. The van der Waals surface area contributed by atoms with E-state index in [0.717, 1.165) is 0 Å². The molecule has 1 unspecified atom stereocenters. The number of carbonyl (C=O) groups is 1. The molecule has 0 aromatic carbocycles. The average molecular weight is 222 g/mol. The van der Waals surface area contributed by atoms with Gasteiger partial charge in [0, 0.05) is 0 Å². The van der Waals surface area contributed by atoms with Crippen LogP contribution < -0.4 is 0 Å². The van der Waals surface area contributed by atoms with Crippen LogP contribution in [0.5, 0.6) is 0 Å². The zero-order valence-corrected chi connectivity index (χ0v) is 4.09. The van der Waals surface area contributed by atoms with E-state index in [-0.39, 0.29) is 32.3 Å². The Labute approximate surface area is 66.5 Å². The maximum absolute atomic E-state index is 9.68. The molecule has 0 saturated heterocycles. The summed E-state index contributed by atoms with van der Waals surface area (Å²) < 4.78 is 0. The molecule has 0 heterocycles. The second-order valence-corrected chi connectivity index (χ2v) is 1.26. The van der Waals surface area contributed by atoms with Crippen LogP contribution in [0.3, 0.4) is 0 Å². The summed E-state index contributed by atoms with van der Waals surface area (Å²) in [5.74, 6) is -1.15. The van der Waals surface area contributed by atoms with Crippen LogP contribution in [-0.2, 0) is 4.79 Å². The Balaban J connectivity index is 0. The molecule has 0 fully saturated rings. The number of aliphatic hydroxyl groups is 1.